The molecule has 7 aromatic carbocycles. The highest BCUT2D eigenvalue weighted by atomic mass is 14.7. The molecule has 0 amide bonds. The van der Waals surface area contributed by atoms with Crippen LogP contribution in [0.3, 0.4) is 0 Å². The molecule has 2 heterocycles. The molecule has 0 atom stereocenters. The maximum absolute atomic E-state index is 5.06. The van der Waals surface area contributed by atoms with Crippen molar-refractivity contribution < 1.29 is 0 Å². The van der Waals surface area contributed by atoms with Gasteiger partial charge in [-0.2, -0.15) is 0 Å². The van der Waals surface area contributed by atoms with Crippen molar-refractivity contribution >= 4 is 54.1 Å². The molecule has 0 saturated carbocycles. The monoisotopic (exact) mass is 598 g/mol. The second-order valence-electron chi connectivity index (χ2n) is 13.4. The third-order valence-corrected chi connectivity index (χ3v) is 10.4. The summed E-state index contributed by atoms with van der Waals surface area (Å²) < 4.78 is 0. The van der Waals surface area contributed by atoms with Crippen LogP contribution < -0.4 is 0 Å². The maximum Gasteiger partial charge on any atom is 0.0972 e. The molecule has 0 unspecified atom stereocenters. The van der Waals surface area contributed by atoms with Gasteiger partial charge in [-0.3, -0.25) is 4.98 Å². The molecule has 220 valence electrons. The first-order valence-electron chi connectivity index (χ1n) is 16.3. The molecule has 0 aliphatic heterocycles. The van der Waals surface area contributed by atoms with Crippen LogP contribution in [0.1, 0.15) is 25.0 Å². The molecule has 2 nitrogen and oxygen atoms in total. The van der Waals surface area contributed by atoms with Crippen LogP contribution in [0.4, 0.5) is 0 Å². The van der Waals surface area contributed by atoms with Crippen LogP contribution in [0.15, 0.2) is 146 Å². The van der Waals surface area contributed by atoms with Gasteiger partial charge in [0.15, 0.2) is 0 Å². The highest BCUT2D eigenvalue weighted by Gasteiger charge is 2.39. The second kappa shape index (κ2) is 9.57. The van der Waals surface area contributed by atoms with Crippen molar-refractivity contribution in [3.63, 3.8) is 0 Å². The van der Waals surface area contributed by atoms with E-state index in [0.29, 0.717) is 0 Å². The molecule has 10 rings (SSSR count). The van der Waals surface area contributed by atoms with Crippen molar-refractivity contribution in [1.82, 2.24) is 9.97 Å². The summed E-state index contributed by atoms with van der Waals surface area (Å²) in [5, 5.41) is 10.2. The zero-order valence-electron chi connectivity index (χ0n) is 26.3. The SMILES string of the molecule is CC1(C)c2c(ccc3cc(-c4ccc(-c5ccc6ccc7cccnc7c6n5)cc4)ccc23)-c2c1c1ccccc1c1ccccc21. The molecule has 47 heavy (non-hydrogen) atoms. The fourth-order valence-electron chi connectivity index (χ4n) is 8.30. The molecule has 0 N–H and O–H groups in total. The van der Waals surface area contributed by atoms with Crippen molar-refractivity contribution in [3.05, 3.63) is 157 Å². The minimum absolute atomic E-state index is 0.134. The van der Waals surface area contributed by atoms with Crippen LogP contribution in [0.2, 0.25) is 0 Å². The van der Waals surface area contributed by atoms with E-state index >= 15 is 0 Å². The molecule has 1 aliphatic carbocycles. The number of rotatable bonds is 2. The molecule has 2 aromatic heterocycles. The summed E-state index contributed by atoms with van der Waals surface area (Å²) in [4.78, 5) is 9.69. The number of benzene rings is 7. The summed E-state index contributed by atoms with van der Waals surface area (Å²) in [6.07, 6.45) is 1.84. The van der Waals surface area contributed by atoms with Gasteiger partial charge in [0, 0.05) is 27.9 Å². The smallest absolute Gasteiger partial charge is 0.0972 e. The Bertz CT molecular complexity index is 2750. The summed E-state index contributed by atoms with van der Waals surface area (Å²) in [5.41, 5.74) is 11.9. The van der Waals surface area contributed by atoms with Gasteiger partial charge in [-0.15, -0.1) is 0 Å². The van der Waals surface area contributed by atoms with E-state index in [-0.39, 0.29) is 5.41 Å². The summed E-state index contributed by atoms with van der Waals surface area (Å²) >= 11 is 0. The number of nitrogens with zero attached hydrogens (tertiary/aromatic N) is 2. The predicted molar refractivity (Wildman–Crippen MR) is 198 cm³/mol. The lowest BCUT2D eigenvalue weighted by molar-refractivity contribution is 0.672. The third-order valence-electron chi connectivity index (χ3n) is 10.4. The van der Waals surface area contributed by atoms with Gasteiger partial charge in [-0.05, 0) is 83.9 Å². The van der Waals surface area contributed by atoms with Gasteiger partial charge in [-0.25, -0.2) is 4.98 Å². The highest BCUT2D eigenvalue weighted by molar-refractivity contribution is 6.19. The first kappa shape index (κ1) is 26.4. The Morgan fingerprint density at radius 3 is 1.89 bits per heavy atom. The Balaban J connectivity index is 1.07. The van der Waals surface area contributed by atoms with E-state index in [1.807, 2.05) is 12.3 Å². The molecular weight excluding hydrogens is 569 g/mol. The molecule has 1 aliphatic rings. The molecule has 9 aromatic rings. The number of pyridine rings is 2. The third kappa shape index (κ3) is 3.73. The molecule has 0 radical (unpaired) electrons. The number of hydrogen-bond donors (Lipinski definition) is 0. The van der Waals surface area contributed by atoms with Gasteiger partial charge in [0.05, 0.1) is 16.7 Å². The average Bonchev–Trinajstić information content (AvgIpc) is 3.38. The van der Waals surface area contributed by atoms with Crippen molar-refractivity contribution in [2.45, 2.75) is 19.3 Å². The van der Waals surface area contributed by atoms with Gasteiger partial charge in [0.25, 0.3) is 0 Å². The Morgan fingerprint density at radius 1 is 0.447 bits per heavy atom. The minimum atomic E-state index is -0.134. The van der Waals surface area contributed by atoms with Crippen LogP contribution >= 0.6 is 0 Å². The number of hydrogen-bond acceptors (Lipinski definition) is 2. The van der Waals surface area contributed by atoms with Crippen molar-refractivity contribution in [2.24, 2.45) is 0 Å². The van der Waals surface area contributed by atoms with Crippen LogP contribution in [0, 0.1) is 0 Å². The largest absolute Gasteiger partial charge is 0.254 e. The molecular formula is C45H30N2. The molecule has 0 spiro atoms. The molecule has 0 bridgehead atoms. The fraction of sp³-hybridized carbons (Fsp3) is 0.0667. The van der Waals surface area contributed by atoms with Crippen LogP contribution in [0.25, 0.3) is 87.6 Å². The normalized spacial score (nSPS) is 13.5. The van der Waals surface area contributed by atoms with Crippen LogP contribution in [-0.4, -0.2) is 9.97 Å². The maximum atomic E-state index is 5.06. The quantitative estimate of drug-likeness (QED) is 0.185. The van der Waals surface area contributed by atoms with Gasteiger partial charge in [0.2, 0.25) is 0 Å². The van der Waals surface area contributed by atoms with Gasteiger partial charge in [0.1, 0.15) is 0 Å². The highest BCUT2D eigenvalue weighted by Crippen LogP contribution is 2.56. The first-order chi connectivity index (χ1) is 23.1. The van der Waals surface area contributed by atoms with Crippen molar-refractivity contribution in [3.8, 4) is 33.5 Å². The van der Waals surface area contributed by atoms with E-state index < -0.39 is 0 Å². The Morgan fingerprint density at radius 2 is 1.09 bits per heavy atom. The Kier molecular flexibility index (Phi) is 5.37. The number of fused-ring (bicyclic) bond motifs is 13. The van der Waals surface area contributed by atoms with Crippen LogP contribution in [-0.2, 0) is 5.41 Å². The lowest BCUT2D eigenvalue weighted by Gasteiger charge is -2.25. The lowest BCUT2D eigenvalue weighted by atomic mass is 9.77. The van der Waals surface area contributed by atoms with Gasteiger partial charge in [-0.1, -0.05) is 135 Å². The van der Waals surface area contributed by atoms with E-state index in [2.05, 4.69) is 152 Å². The molecule has 2 heteroatoms. The van der Waals surface area contributed by atoms with Crippen molar-refractivity contribution in [1.29, 1.82) is 0 Å². The number of aromatic nitrogens is 2. The summed E-state index contributed by atoms with van der Waals surface area (Å²) in [5.74, 6) is 0. The van der Waals surface area contributed by atoms with Gasteiger partial charge < -0.3 is 0 Å². The van der Waals surface area contributed by atoms with Crippen LogP contribution in [0.5, 0.6) is 0 Å². The van der Waals surface area contributed by atoms with E-state index in [0.717, 1.165) is 33.1 Å². The predicted octanol–water partition coefficient (Wildman–Crippen LogP) is 11.9. The first-order valence-corrected chi connectivity index (χ1v) is 16.3. The summed E-state index contributed by atoms with van der Waals surface area (Å²) in [6, 6.07) is 50.9. The second-order valence-corrected chi connectivity index (χ2v) is 13.4. The summed E-state index contributed by atoms with van der Waals surface area (Å²) in [7, 11) is 0. The average molecular weight is 599 g/mol. The van der Waals surface area contributed by atoms with E-state index in [9.17, 15) is 0 Å². The van der Waals surface area contributed by atoms with E-state index in [1.54, 1.807) is 0 Å². The van der Waals surface area contributed by atoms with Crippen molar-refractivity contribution in [2.75, 3.05) is 0 Å². The Labute approximate surface area is 273 Å². The molecule has 0 saturated heterocycles. The standard InChI is InChI=1S/C45H30N2/c1-45(2)41-33-22-19-31(27-13-15-28(16-14-27)39-24-21-30-18-17-29-8-7-25-46-43(29)44(30)47-39)26-32(33)20-23-38(41)40-36-11-5-3-9-34(36)35-10-4-6-12-37(35)42(40)45/h3-26H,1-2H3. The zero-order chi connectivity index (χ0) is 31.3. The zero-order valence-corrected chi connectivity index (χ0v) is 26.3. The van der Waals surface area contributed by atoms with E-state index in [4.69, 9.17) is 4.98 Å². The lowest BCUT2D eigenvalue weighted by Crippen LogP contribution is -2.16. The Hall–Kier alpha value is -5.86. The summed E-state index contributed by atoms with van der Waals surface area (Å²) in [6.45, 7) is 4.81. The molecule has 0 fully saturated rings. The fourth-order valence-corrected chi connectivity index (χ4v) is 8.30. The topological polar surface area (TPSA) is 25.8 Å². The minimum Gasteiger partial charge on any atom is -0.254 e. The van der Waals surface area contributed by atoms with Gasteiger partial charge >= 0.3 is 0 Å². The van der Waals surface area contributed by atoms with E-state index in [1.165, 1.54) is 65.7 Å².